The fraction of sp³-hybridized carbons (Fsp3) is 0.684. The molecule has 1 aliphatic heterocycles. The number of rotatable bonds is 4. The Morgan fingerprint density at radius 3 is 2.39 bits per heavy atom. The fourth-order valence-electron chi connectivity index (χ4n) is 3.94. The first-order valence-corrected chi connectivity index (χ1v) is 9.20. The molecule has 3 rings (SSSR count). The Morgan fingerprint density at radius 1 is 1.04 bits per heavy atom. The van der Waals surface area contributed by atoms with E-state index >= 15 is 0 Å². The summed E-state index contributed by atoms with van der Waals surface area (Å²) < 4.78 is 0. The van der Waals surface area contributed by atoms with E-state index in [1.54, 1.807) is 6.21 Å². The maximum Gasteiger partial charge on any atom is 0.261 e. The molecule has 2 aliphatic carbocycles. The van der Waals surface area contributed by atoms with Crippen molar-refractivity contribution in [1.29, 1.82) is 0 Å². The molecule has 2 N–H and O–H groups in total. The summed E-state index contributed by atoms with van der Waals surface area (Å²) >= 11 is 0. The zero-order valence-electron chi connectivity index (χ0n) is 13.9. The molecule has 0 atom stereocenters. The second-order valence-electron chi connectivity index (χ2n) is 7.19. The minimum absolute atomic E-state index is 0.0768. The zero-order valence-corrected chi connectivity index (χ0v) is 13.9. The van der Waals surface area contributed by atoms with E-state index in [1.165, 1.54) is 51.4 Å². The summed E-state index contributed by atoms with van der Waals surface area (Å²) in [5.74, 6) is 0.967. The van der Waals surface area contributed by atoms with Crippen LogP contribution in [0.3, 0.4) is 0 Å². The predicted molar refractivity (Wildman–Crippen MR) is 92.4 cm³/mol. The first-order chi connectivity index (χ1) is 11.2. The Morgan fingerprint density at radius 2 is 1.70 bits per heavy atom. The summed E-state index contributed by atoms with van der Waals surface area (Å²) in [4.78, 5) is 16.5. The number of carbonyl (C=O) groups excluding carboxylic acids is 1. The zero-order chi connectivity index (χ0) is 16.1. The molecule has 0 spiro atoms. The number of nitrogens with zero attached hydrogens (tertiary/aromatic N) is 1. The molecule has 126 valence electrons. The largest absolute Gasteiger partial charge is 0.505 e. The maximum absolute atomic E-state index is 12.1. The molecular formula is C19H28N2O2. The highest BCUT2D eigenvalue weighted by Crippen LogP contribution is 2.28. The van der Waals surface area contributed by atoms with Gasteiger partial charge in [0.1, 0.15) is 5.57 Å². The Hall–Kier alpha value is -1.58. The van der Waals surface area contributed by atoms with Gasteiger partial charge in [0.15, 0.2) is 5.76 Å². The number of aliphatic hydroxyl groups is 1. The predicted octanol–water partition coefficient (Wildman–Crippen LogP) is 4.04. The van der Waals surface area contributed by atoms with Crippen LogP contribution >= 0.6 is 0 Å². The molecule has 0 aromatic heterocycles. The van der Waals surface area contributed by atoms with Gasteiger partial charge in [-0.3, -0.25) is 9.79 Å². The van der Waals surface area contributed by atoms with Gasteiger partial charge in [0.05, 0.1) is 5.70 Å². The molecule has 1 amide bonds. The highest BCUT2D eigenvalue weighted by Gasteiger charge is 2.27. The number of aliphatic imine (C=N–C) groups is 1. The molecule has 23 heavy (non-hydrogen) atoms. The SMILES string of the molecule is O=C1N/C(=C\C2CCCCC2)C(O)=C1C=NCC1CCCCC1. The van der Waals surface area contributed by atoms with Crippen molar-refractivity contribution < 1.29 is 9.90 Å². The quantitative estimate of drug-likeness (QED) is 0.769. The van der Waals surface area contributed by atoms with Crippen LogP contribution in [0.5, 0.6) is 0 Å². The van der Waals surface area contributed by atoms with Gasteiger partial charge in [-0.15, -0.1) is 0 Å². The van der Waals surface area contributed by atoms with E-state index in [-0.39, 0.29) is 11.7 Å². The molecule has 0 unspecified atom stereocenters. The average Bonchev–Trinajstić information content (AvgIpc) is 2.84. The number of nitrogens with one attached hydrogen (secondary N) is 1. The van der Waals surface area contributed by atoms with Crippen LogP contribution in [0.4, 0.5) is 0 Å². The average molecular weight is 316 g/mol. The second kappa shape index (κ2) is 7.80. The molecule has 0 aromatic rings. The van der Waals surface area contributed by atoms with Gasteiger partial charge in [0.25, 0.3) is 5.91 Å². The lowest BCUT2D eigenvalue weighted by molar-refractivity contribution is -0.115. The van der Waals surface area contributed by atoms with E-state index in [2.05, 4.69) is 10.3 Å². The van der Waals surface area contributed by atoms with Crippen LogP contribution in [-0.4, -0.2) is 23.8 Å². The lowest BCUT2D eigenvalue weighted by Crippen LogP contribution is -2.18. The minimum Gasteiger partial charge on any atom is -0.505 e. The monoisotopic (exact) mass is 316 g/mol. The summed E-state index contributed by atoms with van der Waals surface area (Å²) in [6.45, 7) is 0.770. The second-order valence-corrected chi connectivity index (χ2v) is 7.19. The van der Waals surface area contributed by atoms with Crippen molar-refractivity contribution in [2.45, 2.75) is 64.2 Å². The van der Waals surface area contributed by atoms with E-state index in [0.29, 0.717) is 23.1 Å². The van der Waals surface area contributed by atoms with Crippen molar-refractivity contribution in [3.63, 3.8) is 0 Å². The first kappa shape index (κ1) is 16.3. The fourth-order valence-corrected chi connectivity index (χ4v) is 3.94. The van der Waals surface area contributed by atoms with E-state index in [4.69, 9.17) is 0 Å². The van der Waals surface area contributed by atoms with Crippen LogP contribution in [0.15, 0.2) is 28.1 Å². The van der Waals surface area contributed by atoms with Gasteiger partial charge >= 0.3 is 0 Å². The molecule has 0 aromatic carbocycles. The van der Waals surface area contributed by atoms with Crippen LogP contribution in [0.25, 0.3) is 0 Å². The van der Waals surface area contributed by atoms with Crippen molar-refractivity contribution >= 4 is 12.1 Å². The Labute approximate surface area is 138 Å². The normalized spacial score (nSPS) is 26.4. The molecule has 3 aliphatic rings. The molecule has 0 saturated heterocycles. The molecule has 1 heterocycles. The van der Waals surface area contributed by atoms with Crippen LogP contribution < -0.4 is 5.32 Å². The lowest BCUT2D eigenvalue weighted by atomic mass is 9.88. The number of hydrogen-bond donors (Lipinski definition) is 2. The highest BCUT2D eigenvalue weighted by molar-refractivity contribution is 6.16. The van der Waals surface area contributed by atoms with Gasteiger partial charge in [-0.05, 0) is 37.5 Å². The number of amides is 1. The Balaban J connectivity index is 1.62. The Bertz CT molecular complexity index is 521. The van der Waals surface area contributed by atoms with Crippen LogP contribution in [0.1, 0.15) is 64.2 Å². The first-order valence-electron chi connectivity index (χ1n) is 9.20. The smallest absolute Gasteiger partial charge is 0.261 e. The third-order valence-corrected chi connectivity index (χ3v) is 5.36. The van der Waals surface area contributed by atoms with Crippen LogP contribution in [0, 0.1) is 11.8 Å². The summed E-state index contributed by atoms with van der Waals surface area (Å²) in [6.07, 6.45) is 16.1. The molecule has 2 fully saturated rings. The van der Waals surface area contributed by atoms with E-state index in [0.717, 1.165) is 19.4 Å². The highest BCUT2D eigenvalue weighted by atomic mass is 16.3. The minimum atomic E-state index is -0.225. The van der Waals surface area contributed by atoms with Gasteiger partial charge in [0, 0.05) is 12.8 Å². The van der Waals surface area contributed by atoms with Crippen LogP contribution in [0.2, 0.25) is 0 Å². The van der Waals surface area contributed by atoms with E-state index in [1.807, 2.05) is 6.08 Å². The lowest BCUT2D eigenvalue weighted by Gasteiger charge is -2.19. The molecule has 4 nitrogen and oxygen atoms in total. The number of aliphatic hydroxyl groups excluding tert-OH is 1. The van der Waals surface area contributed by atoms with Crippen molar-refractivity contribution in [3.8, 4) is 0 Å². The summed E-state index contributed by atoms with van der Waals surface area (Å²) in [6, 6.07) is 0. The summed E-state index contributed by atoms with van der Waals surface area (Å²) in [7, 11) is 0. The molecule has 0 radical (unpaired) electrons. The van der Waals surface area contributed by atoms with Gasteiger partial charge < -0.3 is 10.4 Å². The molecular weight excluding hydrogens is 288 g/mol. The van der Waals surface area contributed by atoms with Crippen LogP contribution in [-0.2, 0) is 4.79 Å². The van der Waals surface area contributed by atoms with Crippen molar-refractivity contribution in [1.82, 2.24) is 5.32 Å². The van der Waals surface area contributed by atoms with Gasteiger partial charge in [-0.25, -0.2) is 0 Å². The van der Waals surface area contributed by atoms with Gasteiger partial charge in [-0.1, -0.05) is 44.6 Å². The summed E-state index contributed by atoms with van der Waals surface area (Å²) in [5.41, 5.74) is 0.906. The molecule has 4 heteroatoms. The molecule has 0 bridgehead atoms. The van der Waals surface area contributed by atoms with Crippen molar-refractivity contribution in [2.75, 3.05) is 6.54 Å². The number of allylic oxidation sites excluding steroid dienone is 1. The number of hydrogen-bond acceptors (Lipinski definition) is 3. The van der Waals surface area contributed by atoms with Gasteiger partial charge in [-0.2, -0.15) is 0 Å². The van der Waals surface area contributed by atoms with Crippen molar-refractivity contribution in [3.05, 3.63) is 23.1 Å². The molecule has 2 saturated carbocycles. The third-order valence-electron chi connectivity index (χ3n) is 5.36. The third kappa shape index (κ3) is 4.24. The Kier molecular flexibility index (Phi) is 5.52. The standard InChI is InChI=1S/C19H28N2O2/c22-18-16(13-20-12-15-9-5-2-6-10-15)19(23)21-17(18)11-14-7-3-1-4-8-14/h11,13-15,22H,1-10,12H2,(H,21,23)/b17-11-,20-13?. The topological polar surface area (TPSA) is 61.7 Å². The van der Waals surface area contributed by atoms with Gasteiger partial charge in [0.2, 0.25) is 0 Å². The summed E-state index contributed by atoms with van der Waals surface area (Å²) in [5, 5.41) is 13.1. The van der Waals surface area contributed by atoms with E-state index in [9.17, 15) is 9.90 Å². The maximum atomic E-state index is 12.1. The number of carbonyl (C=O) groups is 1. The van der Waals surface area contributed by atoms with Crippen molar-refractivity contribution in [2.24, 2.45) is 16.8 Å². The van der Waals surface area contributed by atoms with E-state index < -0.39 is 0 Å².